The maximum Gasteiger partial charge on any atom is 0.252 e. The first kappa shape index (κ1) is 13.3. The van der Waals surface area contributed by atoms with E-state index in [0.29, 0.717) is 11.5 Å². The lowest BCUT2D eigenvalue weighted by Gasteiger charge is -2.03. The van der Waals surface area contributed by atoms with Crippen molar-refractivity contribution >= 4 is 5.65 Å². The Morgan fingerprint density at radius 1 is 1.09 bits per heavy atom. The van der Waals surface area contributed by atoms with E-state index in [0.717, 1.165) is 11.1 Å². The van der Waals surface area contributed by atoms with Crippen molar-refractivity contribution in [2.45, 2.75) is 18.8 Å². The Labute approximate surface area is 124 Å². The van der Waals surface area contributed by atoms with Crippen LogP contribution in [0.25, 0.3) is 16.8 Å². The van der Waals surface area contributed by atoms with Crippen LogP contribution >= 0.6 is 0 Å². The topological polar surface area (TPSA) is 30.2 Å². The highest BCUT2D eigenvalue weighted by molar-refractivity contribution is 5.67. The van der Waals surface area contributed by atoms with Crippen LogP contribution in [-0.4, -0.2) is 20.5 Å². The van der Waals surface area contributed by atoms with E-state index >= 15 is 0 Å². The average molecular weight is 303 g/mol. The van der Waals surface area contributed by atoms with Crippen LogP contribution in [0.2, 0.25) is 0 Å². The molecule has 1 atom stereocenters. The number of nitrogens with zero attached hydrogens (tertiary/aromatic N) is 3. The van der Waals surface area contributed by atoms with E-state index in [4.69, 9.17) is 0 Å². The predicted octanol–water partition coefficient (Wildman–Crippen LogP) is 3.73. The summed E-state index contributed by atoms with van der Waals surface area (Å²) in [4.78, 5) is 0. The minimum absolute atomic E-state index is 0.0738. The number of halogens is 3. The predicted molar refractivity (Wildman–Crippen MR) is 75.1 cm³/mol. The van der Waals surface area contributed by atoms with Crippen LogP contribution in [0.1, 0.15) is 12.2 Å². The lowest BCUT2D eigenvalue weighted by Crippen LogP contribution is -2.01. The molecule has 1 aromatic carbocycles. The quantitative estimate of drug-likeness (QED) is 0.738. The van der Waals surface area contributed by atoms with Crippen molar-refractivity contribution in [3.05, 3.63) is 54.2 Å². The number of fused-ring (bicyclic) bond motifs is 1. The second-order valence-corrected chi connectivity index (χ2v) is 5.63. The van der Waals surface area contributed by atoms with Crippen LogP contribution in [0.4, 0.5) is 13.2 Å². The Hall–Kier alpha value is -2.37. The number of benzene rings is 1. The molecule has 1 unspecified atom stereocenters. The monoisotopic (exact) mass is 303 g/mol. The first-order valence-corrected chi connectivity index (χ1v) is 7.00. The van der Waals surface area contributed by atoms with E-state index < -0.39 is 11.8 Å². The van der Waals surface area contributed by atoms with Gasteiger partial charge in [-0.2, -0.15) is 0 Å². The molecule has 1 aliphatic rings. The van der Waals surface area contributed by atoms with Crippen molar-refractivity contribution in [2.24, 2.45) is 5.92 Å². The molecule has 3 nitrogen and oxygen atoms in total. The van der Waals surface area contributed by atoms with Gasteiger partial charge in [-0.15, -0.1) is 10.2 Å². The van der Waals surface area contributed by atoms with Crippen molar-refractivity contribution in [1.29, 1.82) is 0 Å². The smallest absolute Gasteiger partial charge is 0.252 e. The van der Waals surface area contributed by atoms with Crippen LogP contribution in [0, 0.1) is 11.7 Å². The second-order valence-electron chi connectivity index (χ2n) is 5.63. The molecule has 22 heavy (non-hydrogen) atoms. The summed E-state index contributed by atoms with van der Waals surface area (Å²) in [6.45, 7) is 0. The van der Waals surface area contributed by atoms with Crippen LogP contribution in [0.3, 0.4) is 0 Å². The Balaban J connectivity index is 1.66. The lowest BCUT2D eigenvalue weighted by molar-refractivity contribution is 0.0984. The number of aromatic nitrogens is 3. The Morgan fingerprint density at radius 2 is 1.82 bits per heavy atom. The summed E-state index contributed by atoms with van der Waals surface area (Å²) in [5.41, 5.74) is 2.34. The number of hydrogen-bond donors (Lipinski definition) is 0. The molecular weight excluding hydrogens is 291 g/mol. The summed E-state index contributed by atoms with van der Waals surface area (Å²) in [5, 5.41) is 8.05. The van der Waals surface area contributed by atoms with Crippen molar-refractivity contribution in [2.75, 3.05) is 0 Å². The van der Waals surface area contributed by atoms with Gasteiger partial charge in [-0.05, 0) is 35.4 Å². The van der Waals surface area contributed by atoms with Gasteiger partial charge in [-0.1, -0.05) is 12.1 Å². The van der Waals surface area contributed by atoms with Crippen LogP contribution in [0.15, 0.2) is 42.6 Å². The Kier molecular flexibility index (Phi) is 2.76. The fourth-order valence-corrected chi connectivity index (χ4v) is 2.61. The van der Waals surface area contributed by atoms with E-state index in [1.54, 1.807) is 22.7 Å². The third-order valence-corrected chi connectivity index (χ3v) is 4.04. The van der Waals surface area contributed by atoms with Gasteiger partial charge in [0.05, 0.1) is 0 Å². The molecule has 0 radical (unpaired) electrons. The maximum atomic E-state index is 13.0. The first-order chi connectivity index (χ1) is 10.5. The molecule has 1 saturated carbocycles. The molecule has 0 N–H and O–H groups in total. The van der Waals surface area contributed by atoms with Crippen molar-refractivity contribution in [1.82, 2.24) is 14.6 Å². The summed E-state index contributed by atoms with van der Waals surface area (Å²) in [6, 6.07) is 9.81. The van der Waals surface area contributed by atoms with Gasteiger partial charge in [0, 0.05) is 25.0 Å². The number of hydrogen-bond acceptors (Lipinski definition) is 2. The van der Waals surface area contributed by atoms with E-state index in [1.807, 2.05) is 12.1 Å². The molecule has 1 fully saturated rings. The molecule has 0 aliphatic heterocycles. The highest BCUT2D eigenvalue weighted by Gasteiger charge is 2.56. The molecule has 112 valence electrons. The standard InChI is InChI=1S/C16H12F3N3/c17-13-3-1-10(2-4-13)11-5-6-22-14(7-11)20-21-15(22)8-12-9-16(12,18)19/h1-7,12H,8-9H2. The molecule has 3 aromatic rings. The molecule has 4 rings (SSSR count). The zero-order valence-electron chi connectivity index (χ0n) is 11.5. The Morgan fingerprint density at radius 3 is 2.50 bits per heavy atom. The highest BCUT2D eigenvalue weighted by Crippen LogP contribution is 2.50. The van der Waals surface area contributed by atoms with Gasteiger partial charge in [0.15, 0.2) is 5.65 Å². The lowest BCUT2D eigenvalue weighted by atomic mass is 10.1. The number of pyridine rings is 1. The van der Waals surface area contributed by atoms with E-state index in [9.17, 15) is 13.2 Å². The Bertz CT molecular complexity index is 839. The highest BCUT2D eigenvalue weighted by atomic mass is 19.3. The normalized spacial score (nSPS) is 19.5. The molecule has 6 heteroatoms. The van der Waals surface area contributed by atoms with E-state index in [2.05, 4.69) is 10.2 Å². The van der Waals surface area contributed by atoms with Crippen LogP contribution in [-0.2, 0) is 6.42 Å². The largest absolute Gasteiger partial charge is 0.286 e. The van der Waals surface area contributed by atoms with Gasteiger partial charge in [0.2, 0.25) is 0 Å². The molecule has 0 spiro atoms. The van der Waals surface area contributed by atoms with Crippen molar-refractivity contribution < 1.29 is 13.2 Å². The van der Waals surface area contributed by atoms with Crippen molar-refractivity contribution in [3.8, 4) is 11.1 Å². The van der Waals surface area contributed by atoms with Crippen LogP contribution < -0.4 is 0 Å². The summed E-state index contributed by atoms with van der Waals surface area (Å²) in [6.07, 6.45) is 1.92. The first-order valence-electron chi connectivity index (χ1n) is 7.00. The zero-order valence-corrected chi connectivity index (χ0v) is 11.5. The van der Waals surface area contributed by atoms with Gasteiger partial charge in [0.25, 0.3) is 5.92 Å². The van der Waals surface area contributed by atoms with E-state index in [1.165, 1.54) is 12.1 Å². The minimum Gasteiger partial charge on any atom is -0.286 e. The third-order valence-electron chi connectivity index (χ3n) is 4.04. The summed E-state index contributed by atoms with van der Waals surface area (Å²) < 4.78 is 40.7. The molecule has 0 amide bonds. The SMILES string of the molecule is Fc1ccc(-c2ccn3c(CC4CC4(F)F)nnc3c2)cc1. The summed E-state index contributed by atoms with van der Waals surface area (Å²) in [5.74, 6) is -2.93. The zero-order chi connectivity index (χ0) is 15.3. The van der Waals surface area contributed by atoms with Gasteiger partial charge in [-0.25, -0.2) is 13.2 Å². The van der Waals surface area contributed by atoms with Gasteiger partial charge < -0.3 is 0 Å². The van der Waals surface area contributed by atoms with Crippen molar-refractivity contribution in [3.63, 3.8) is 0 Å². The number of alkyl halides is 2. The minimum atomic E-state index is -2.56. The van der Waals surface area contributed by atoms with Crippen LogP contribution in [0.5, 0.6) is 0 Å². The summed E-state index contributed by atoms with van der Waals surface area (Å²) >= 11 is 0. The van der Waals surface area contributed by atoms with Gasteiger partial charge >= 0.3 is 0 Å². The molecule has 0 saturated heterocycles. The van der Waals surface area contributed by atoms with Gasteiger partial charge in [0.1, 0.15) is 11.6 Å². The molecule has 2 heterocycles. The third kappa shape index (κ3) is 2.24. The summed E-state index contributed by atoms with van der Waals surface area (Å²) in [7, 11) is 0. The second kappa shape index (κ2) is 4.56. The molecule has 2 aromatic heterocycles. The number of rotatable bonds is 3. The van der Waals surface area contributed by atoms with E-state index in [-0.39, 0.29) is 18.7 Å². The maximum absolute atomic E-state index is 13.0. The fraction of sp³-hybridized carbons (Fsp3) is 0.250. The fourth-order valence-electron chi connectivity index (χ4n) is 2.61. The molecule has 0 bridgehead atoms. The van der Waals surface area contributed by atoms with Gasteiger partial charge in [-0.3, -0.25) is 4.40 Å². The molecular formula is C16H12F3N3. The average Bonchev–Trinajstić information content (AvgIpc) is 2.92. The molecule has 1 aliphatic carbocycles.